The number of nitrogens with zero attached hydrogens (tertiary/aromatic N) is 5. The first-order valence-electron chi connectivity index (χ1n) is 11.1. The molecule has 2 aliphatic heterocycles. The number of hydrogen-bond donors (Lipinski definition) is 1. The Balaban J connectivity index is 1.37. The molecule has 0 saturated carbocycles. The molecule has 2 fully saturated rings. The predicted molar refractivity (Wildman–Crippen MR) is 123 cm³/mol. The van der Waals surface area contributed by atoms with E-state index in [1.165, 1.54) is 19.3 Å². The molecule has 0 atom stereocenters. The number of benzene rings is 1. The van der Waals surface area contributed by atoms with Gasteiger partial charge in [-0.3, -0.25) is 0 Å². The average molecular weight is 425 g/mol. The van der Waals surface area contributed by atoms with Crippen molar-refractivity contribution in [2.75, 3.05) is 61.5 Å². The highest BCUT2D eigenvalue weighted by atomic mass is 16.5. The molecule has 0 unspecified atom stereocenters. The fourth-order valence-electron chi connectivity index (χ4n) is 4.17. The molecule has 0 spiro atoms. The molecule has 2 aliphatic rings. The van der Waals surface area contributed by atoms with E-state index in [0.717, 1.165) is 60.6 Å². The van der Waals surface area contributed by atoms with Crippen LogP contribution in [-0.2, 0) is 0 Å². The van der Waals surface area contributed by atoms with Crippen molar-refractivity contribution in [2.24, 2.45) is 0 Å². The van der Waals surface area contributed by atoms with Crippen molar-refractivity contribution < 1.29 is 9.53 Å². The third-order valence-corrected chi connectivity index (χ3v) is 6.03. The number of carbonyl (C=O) groups excluding carboxylic acids is 1. The van der Waals surface area contributed by atoms with Gasteiger partial charge in [-0.15, -0.1) is 0 Å². The summed E-state index contributed by atoms with van der Waals surface area (Å²) in [6.07, 6.45) is 3.74. The van der Waals surface area contributed by atoms with Gasteiger partial charge in [0.05, 0.1) is 7.11 Å². The number of aromatic nitrogens is 2. The topological polar surface area (TPSA) is 73.8 Å². The van der Waals surface area contributed by atoms with Crippen molar-refractivity contribution in [2.45, 2.75) is 33.1 Å². The molecule has 1 aromatic carbocycles. The van der Waals surface area contributed by atoms with Crippen LogP contribution in [0.1, 0.15) is 30.5 Å². The summed E-state index contributed by atoms with van der Waals surface area (Å²) in [5.41, 5.74) is 2.77. The van der Waals surface area contributed by atoms with Crippen LogP contribution in [0.4, 0.5) is 22.2 Å². The Hall–Kier alpha value is -3.03. The zero-order valence-corrected chi connectivity index (χ0v) is 18.7. The van der Waals surface area contributed by atoms with Crippen LogP contribution in [0.5, 0.6) is 5.75 Å². The van der Waals surface area contributed by atoms with Gasteiger partial charge in [-0.2, -0.15) is 4.98 Å². The number of aryl methyl sites for hydroxylation is 2. The van der Waals surface area contributed by atoms with E-state index in [1.807, 2.05) is 36.9 Å². The summed E-state index contributed by atoms with van der Waals surface area (Å²) in [6.45, 7) is 8.83. The molecule has 1 aromatic heterocycles. The van der Waals surface area contributed by atoms with E-state index >= 15 is 0 Å². The molecule has 8 heteroatoms. The molecule has 0 aliphatic carbocycles. The van der Waals surface area contributed by atoms with E-state index in [9.17, 15) is 4.79 Å². The lowest BCUT2D eigenvalue weighted by Crippen LogP contribution is -2.50. The van der Waals surface area contributed by atoms with E-state index in [2.05, 4.69) is 26.2 Å². The molecule has 3 heterocycles. The molecule has 0 bridgehead atoms. The van der Waals surface area contributed by atoms with Crippen molar-refractivity contribution >= 4 is 23.5 Å². The van der Waals surface area contributed by atoms with Crippen LogP contribution >= 0.6 is 0 Å². The van der Waals surface area contributed by atoms with Gasteiger partial charge in [-0.05, 0) is 56.9 Å². The van der Waals surface area contributed by atoms with E-state index in [-0.39, 0.29) is 6.03 Å². The molecule has 4 rings (SSSR count). The summed E-state index contributed by atoms with van der Waals surface area (Å²) in [5, 5.41) is 3.02. The average Bonchev–Trinajstić information content (AvgIpc) is 2.80. The second-order valence-corrected chi connectivity index (χ2v) is 8.30. The van der Waals surface area contributed by atoms with E-state index in [4.69, 9.17) is 9.72 Å². The van der Waals surface area contributed by atoms with Crippen LogP contribution in [0.2, 0.25) is 0 Å². The maximum atomic E-state index is 12.8. The summed E-state index contributed by atoms with van der Waals surface area (Å²) >= 11 is 0. The Morgan fingerprint density at radius 1 is 0.935 bits per heavy atom. The lowest BCUT2D eigenvalue weighted by Gasteiger charge is -2.35. The predicted octanol–water partition coefficient (Wildman–Crippen LogP) is 3.45. The van der Waals surface area contributed by atoms with Crippen LogP contribution in [0.15, 0.2) is 24.3 Å². The highest BCUT2D eigenvalue weighted by molar-refractivity contribution is 5.90. The van der Waals surface area contributed by atoms with Crippen molar-refractivity contribution in [3.05, 3.63) is 35.5 Å². The number of hydrogen-bond acceptors (Lipinski definition) is 6. The quantitative estimate of drug-likeness (QED) is 0.810. The Morgan fingerprint density at radius 2 is 1.68 bits per heavy atom. The molecule has 8 nitrogen and oxygen atoms in total. The van der Waals surface area contributed by atoms with Gasteiger partial charge in [-0.25, -0.2) is 9.78 Å². The number of ether oxygens (including phenoxy) is 1. The molecule has 166 valence electrons. The third-order valence-electron chi connectivity index (χ3n) is 6.03. The molecule has 31 heavy (non-hydrogen) atoms. The van der Waals surface area contributed by atoms with Crippen LogP contribution in [0, 0.1) is 13.8 Å². The fraction of sp³-hybridized carbons (Fsp3) is 0.522. The first kappa shape index (κ1) is 21.2. The number of methoxy groups -OCH3 is 1. The van der Waals surface area contributed by atoms with Crippen LogP contribution in [0.3, 0.4) is 0 Å². The zero-order chi connectivity index (χ0) is 21.8. The maximum Gasteiger partial charge on any atom is 0.321 e. The summed E-state index contributed by atoms with van der Waals surface area (Å²) < 4.78 is 5.24. The molecule has 0 radical (unpaired) electrons. The van der Waals surface area contributed by atoms with Crippen molar-refractivity contribution in [3.8, 4) is 5.75 Å². The number of piperidine rings is 1. The Kier molecular flexibility index (Phi) is 6.44. The van der Waals surface area contributed by atoms with Crippen molar-refractivity contribution in [1.29, 1.82) is 0 Å². The van der Waals surface area contributed by atoms with E-state index in [1.54, 1.807) is 7.11 Å². The minimum Gasteiger partial charge on any atom is -0.497 e. The number of nitrogens with one attached hydrogen (secondary N) is 1. The first-order chi connectivity index (χ1) is 15.0. The number of anilines is 3. The summed E-state index contributed by atoms with van der Waals surface area (Å²) in [4.78, 5) is 28.7. The number of piperazine rings is 1. The number of carbonyl (C=O) groups is 1. The highest BCUT2D eigenvalue weighted by Gasteiger charge is 2.24. The van der Waals surface area contributed by atoms with Gasteiger partial charge in [0.1, 0.15) is 11.6 Å². The van der Waals surface area contributed by atoms with Gasteiger partial charge in [0, 0.05) is 56.7 Å². The molecule has 2 aromatic rings. The van der Waals surface area contributed by atoms with Gasteiger partial charge in [0.2, 0.25) is 5.95 Å². The molecule has 2 amide bonds. The Morgan fingerprint density at radius 3 is 2.35 bits per heavy atom. The number of amides is 2. The smallest absolute Gasteiger partial charge is 0.321 e. The normalized spacial score (nSPS) is 16.9. The van der Waals surface area contributed by atoms with E-state index < -0.39 is 0 Å². The van der Waals surface area contributed by atoms with Gasteiger partial charge in [0.15, 0.2) is 0 Å². The minimum atomic E-state index is -0.0768. The molecule has 2 saturated heterocycles. The van der Waals surface area contributed by atoms with Crippen LogP contribution in [-0.4, -0.2) is 67.3 Å². The number of urea groups is 1. The SMILES string of the molecule is COc1ccc(NC(=O)N2CCN(c3nc(C)cc(N4CCCCC4)n3)CC2)c(C)c1. The molecular formula is C23H32N6O2. The third kappa shape index (κ3) is 5.00. The maximum absolute atomic E-state index is 12.8. The fourth-order valence-corrected chi connectivity index (χ4v) is 4.17. The minimum absolute atomic E-state index is 0.0768. The van der Waals surface area contributed by atoms with E-state index in [0.29, 0.717) is 13.1 Å². The summed E-state index contributed by atoms with van der Waals surface area (Å²) in [7, 11) is 1.64. The largest absolute Gasteiger partial charge is 0.497 e. The Labute approximate surface area is 184 Å². The number of rotatable bonds is 4. The Bertz CT molecular complexity index is 920. The standard InChI is InChI=1S/C23H32N6O2/c1-17-15-19(31-3)7-8-20(17)25-23(30)29-13-11-28(12-14-29)22-24-18(2)16-21(26-22)27-9-5-4-6-10-27/h7-8,15-16H,4-6,9-14H2,1-3H3,(H,25,30). The second kappa shape index (κ2) is 9.41. The lowest BCUT2D eigenvalue weighted by molar-refractivity contribution is 0.208. The molecule has 1 N–H and O–H groups in total. The van der Waals surface area contributed by atoms with Gasteiger partial charge in [-0.1, -0.05) is 0 Å². The second-order valence-electron chi connectivity index (χ2n) is 8.30. The highest BCUT2D eigenvalue weighted by Crippen LogP contribution is 2.23. The van der Waals surface area contributed by atoms with Gasteiger partial charge >= 0.3 is 6.03 Å². The van der Waals surface area contributed by atoms with Gasteiger partial charge < -0.3 is 24.8 Å². The summed E-state index contributed by atoms with van der Waals surface area (Å²) in [6, 6.07) is 7.66. The van der Waals surface area contributed by atoms with Gasteiger partial charge in [0.25, 0.3) is 0 Å². The lowest BCUT2D eigenvalue weighted by atomic mass is 10.1. The van der Waals surface area contributed by atoms with Crippen LogP contribution in [0.25, 0.3) is 0 Å². The summed E-state index contributed by atoms with van der Waals surface area (Å²) in [5.74, 6) is 2.58. The molecular weight excluding hydrogens is 392 g/mol. The zero-order valence-electron chi connectivity index (χ0n) is 18.7. The van der Waals surface area contributed by atoms with Crippen LogP contribution < -0.4 is 19.9 Å². The van der Waals surface area contributed by atoms with Crippen molar-refractivity contribution in [1.82, 2.24) is 14.9 Å². The first-order valence-corrected chi connectivity index (χ1v) is 11.1. The van der Waals surface area contributed by atoms with Crippen molar-refractivity contribution in [3.63, 3.8) is 0 Å². The monoisotopic (exact) mass is 424 g/mol.